The summed E-state index contributed by atoms with van der Waals surface area (Å²) < 4.78 is 23.4. The first-order valence-corrected chi connectivity index (χ1v) is 9.28. The van der Waals surface area contributed by atoms with Crippen molar-refractivity contribution in [2.45, 2.75) is 9.79 Å². The minimum absolute atomic E-state index is 0.0308. The fourth-order valence-electron chi connectivity index (χ4n) is 1.85. The Bertz CT molecular complexity index is 753. The third-order valence-corrected chi connectivity index (χ3v) is 4.78. The van der Waals surface area contributed by atoms with Crippen LogP contribution in [0.2, 0.25) is 0 Å². The Labute approximate surface area is 128 Å². The number of carbonyl (C=O) groups is 1. The zero-order valence-electron chi connectivity index (χ0n) is 11.7. The van der Waals surface area contributed by atoms with Crippen LogP contribution in [0.5, 0.6) is 0 Å². The molecule has 0 aliphatic heterocycles. The van der Waals surface area contributed by atoms with E-state index in [0.29, 0.717) is 5.69 Å². The Morgan fingerprint density at radius 3 is 2.24 bits per heavy atom. The van der Waals surface area contributed by atoms with Crippen LogP contribution in [0, 0.1) is 0 Å². The predicted octanol–water partition coefficient (Wildman–Crippen LogP) is 3.06. The summed E-state index contributed by atoms with van der Waals surface area (Å²) in [5.41, 5.74) is 0.773. The second kappa shape index (κ2) is 6.32. The quantitative estimate of drug-likeness (QED) is 0.879. The molecule has 0 atom stereocenters. The Balaban J connectivity index is 2.28. The van der Waals surface area contributed by atoms with Gasteiger partial charge in [0.25, 0.3) is 5.91 Å². The number of hydrogen-bond acceptors (Lipinski definition) is 4. The lowest BCUT2D eigenvalue weighted by atomic mass is 10.2. The SMILES string of the molecule is CSc1ccc(NC(=O)c2ccccc2S(C)(=O)=O)cc1. The first-order chi connectivity index (χ1) is 9.91. The molecule has 0 fully saturated rings. The van der Waals surface area contributed by atoms with Gasteiger partial charge in [-0.05, 0) is 42.7 Å². The lowest BCUT2D eigenvalue weighted by Gasteiger charge is -2.09. The lowest BCUT2D eigenvalue weighted by molar-refractivity contribution is 0.102. The summed E-state index contributed by atoms with van der Waals surface area (Å²) >= 11 is 1.61. The molecule has 0 saturated carbocycles. The molecule has 0 saturated heterocycles. The number of nitrogens with one attached hydrogen (secondary N) is 1. The van der Waals surface area contributed by atoms with E-state index < -0.39 is 15.7 Å². The zero-order chi connectivity index (χ0) is 15.5. The van der Waals surface area contributed by atoms with E-state index in [1.54, 1.807) is 36.0 Å². The van der Waals surface area contributed by atoms with Gasteiger partial charge in [0.05, 0.1) is 10.5 Å². The molecule has 1 amide bonds. The van der Waals surface area contributed by atoms with Crippen molar-refractivity contribution in [1.82, 2.24) is 0 Å². The van der Waals surface area contributed by atoms with E-state index >= 15 is 0 Å². The molecule has 0 heterocycles. The fourth-order valence-corrected chi connectivity index (χ4v) is 3.14. The first kappa shape index (κ1) is 15.6. The highest BCUT2D eigenvalue weighted by Crippen LogP contribution is 2.20. The van der Waals surface area contributed by atoms with Crippen LogP contribution in [0.3, 0.4) is 0 Å². The van der Waals surface area contributed by atoms with Gasteiger partial charge in [-0.2, -0.15) is 0 Å². The standard InChI is InChI=1S/C15H15NO3S2/c1-20-12-9-7-11(8-10-12)16-15(17)13-5-3-4-6-14(13)21(2,18)19/h3-10H,1-2H3,(H,16,17). The molecule has 0 spiro atoms. The molecule has 4 nitrogen and oxygen atoms in total. The molecule has 110 valence electrons. The van der Waals surface area contributed by atoms with Crippen molar-refractivity contribution in [3.63, 3.8) is 0 Å². The highest BCUT2D eigenvalue weighted by atomic mass is 32.2. The Morgan fingerprint density at radius 2 is 1.67 bits per heavy atom. The normalized spacial score (nSPS) is 11.1. The molecule has 0 bridgehead atoms. The van der Waals surface area contributed by atoms with Gasteiger partial charge in [-0.3, -0.25) is 4.79 Å². The van der Waals surface area contributed by atoms with Gasteiger partial charge in [-0.25, -0.2) is 8.42 Å². The van der Waals surface area contributed by atoms with Crippen LogP contribution in [0.25, 0.3) is 0 Å². The fraction of sp³-hybridized carbons (Fsp3) is 0.133. The number of anilines is 1. The number of rotatable bonds is 4. The first-order valence-electron chi connectivity index (χ1n) is 6.16. The van der Waals surface area contributed by atoms with Gasteiger partial charge >= 0.3 is 0 Å². The summed E-state index contributed by atoms with van der Waals surface area (Å²) in [6, 6.07) is 13.5. The second-order valence-electron chi connectivity index (χ2n) is 4.45. The average molecular weight is 321 g/mol. The largest absolute Gasteiger partial charge is 0.322 e. The minimum Gasteiger partial charge on any atom is -0.322 e. The Hall–Kier alpha value is -1.79. The van der Waals surface area contributed by atoms with Gasteiger partial charge in [-0.1, -0.05) is 12.1 Å². The molecule has 0 aliphatic rings. The molecule has 21 heavy (non-hydrogen) atoms. The van der Waals surface area contributed by atoms with E-state index in [4.69, 9.17) is 0 Å². The van der Waals surface area contributed by atoms with Gasteiger partial charge in [-0.15, -0.1) is 11.8 Å². The Kier molecular flexibility index (Phi) is 4.69. The molecule has 2 aromatic carbocycles. The molecule has 2 rings (SSSR count). The number of amides is 1. The maximum atomic E-state index is 12.3. The Morgan fingerprint density at radius 1 is 1.05 bits per heavy atom. The molecule has 1 N–H and O–H groups in total. The maximum absolute atomic E-state index is 12.3. The number of thioether (sulfide) groups is 1. The highest BCUT2D eigenvalue weighted by Gasteiger charge is 2.18. The van der Waals surface area contributed by atoms with Crippen molar-refractivity contribution in [2.24, 2.45) is 0 Å². The highest BCUT2D eigenvalue weighted by molar-refractivity contribution is 7.98. The van der Waals surface area contributed by atoms with Gasteiger partial charge in [0.2, 0.25) is 0 Å². The van der Waals surface area contributed by atoms with E-state index in [1.807, 2.05) is 18.4 Å². The minimum atomic E-state index is -3.45. The van der Waals surface area contributed by atoms with Crippen LogP contribution in [-0.2, 0) is 9.84 Å². The van der Waals surface area contributed by atoms with Crippen molar-refractivity contribution in [3.05, 3.63) is 54.1 Å². The summed E-state index contributed by atoms with van der Waals surface area (Å²) in [5.74, 6) is -0.437. The summed E-state index contributed by atoms with van der Waals surface area (Å²) in [6.45, 7) is 0. The molecular weight excluding hydrogens is 306 g/mol. The summed E-state index contributed by atoms with van der Waals surface area (Å²) in [5, 5.41) is 2.71. The molecule has 0 unspecified atom stereocenters. The predicted molar refractivity (Wildman–Crippen MR) is 85.7 cm³/mol. The van der Waals surface area contributed by atoms with Gasteiger partial charge in [0.15, 0.2) is 9.84 Å². The van der Waals surface area contributed by atoms with E-state index in [0.717, 1.165) is 11.2 Å². The van der Waals surface area contributed by atoms with Crippen molar-refractivity contribution in [3.8, 4) is 0 Å². The molecule has 0 radical (unpaired) electrons. The maximum Gasteiger partial charge on any atom is 0.256 e. The van der Waals surface area contributed by atoms with E-state index in [2.05, 4.69) is 5.32 Å². The third-order valence-electron chi connectivity index (χ3n) is 2.88. The van der Waals surface area contributed by atoms with Crippen LogP contribution in [0.15, 0.2) is 58.3 Å². The lowest BCUT2D eigenvalue weighted by Crippen LogP contribution is -2.15. The summed E-state index contributed by atoms with van der Waals surface area (Å²) in [7, 11) is -3.45. The van der Waals surface area contributed by atoms with Gasteiger partial charge in [0, 0.05) is 16.8 Å². The zero-order valence-corrected chi connectivity index (χ0v) is 13.3. The van der Waals surface area contributed by atoms with Crippen LogP contribution in [0.4, 0.5) is 5.69 Å². The number of hydrogen-bond donors (Lipinski definition) is 1. The van der Waals surface area contributed by atoms with E-state index in [-0.39, 0.29) is 10.5 Å². The number of carbonyl (C=O) groups excluding carboxylic acids is 1. The average Bonchev–Trinajstić information content (AvgIpc) is 2.47. The van der Waals surface area contributed by atoms with Crippen LogP contribution in [0.1, 0.15) is 10.4 Å². The van der Waals surface area contributed by atoms with Crippen LogP contribution >= 0.6 is 11.8 Å². The second-order valence-corrected chi connectivity index (χ2v) is 7.31. The summed E-state index contributed by atoms with van der Waals surface area (Å²) in [4.78, 5) is 13.4. The van der Waals surface area contributed by atoms with Gasteiger partial charge in [0.1, 0.15) is 0 Å². The van der Waals surface area contributed by atoms with E-state index in [1.165, 1.54) is 12.1 Å². The summed E-state index contributed by atoms with van der Waals surface area (Å²) in [6.07, 6.45) is 3.06. The molecule has 6 heteroatoms. The van der Waals surface area contributed by atoms with Crippen molar-refractivity contribution < 1.29 is 13.2 Å². The number of benzene rings is 2. The van der Waals surface area contributed by atoms with Crippen LogP contribution in [-0.4, -0.2) is 26.8 Å². The molecule has 2 aromatic rings. The van der Waals surface area contributed by atoms with Crippen LogP contribution < -0.4 is 5.32 Å². The molecule has 0 aliphatic carbocycles. The van der Waals surface area contributed by atoms with Crippen molar-refractivity contribution in [2.75, 3.05) is 17.8 Å². The third kappa shape index (κ3) is 3.86. The number of sulfone groups is 1. The topological polar surface area (TPSA) is 63.2 Å². The molecular formula is C15H15NO3S2. The van der Waals surface area contributed by atoms with Crippen molar-refractivity contribution >= 4 is 33.2 Å². The van der Waals surface area contributed by atoms with Gasteiger partial charge < -0.3 is 5.32 Å². The van der Waals surface area contributed by atoms with Crippen molar-refractivity contribution in [1.29, 1.82) is 0 Å². The monoisotopic (exact) mass is 321 g/mol. The smallest absolute Gasteiger partial charge is 0.256 e. The van der Waals surface area contributed by atoms with E-state index in [9.17, 15) is 13.2 Å². The molecule has 0 aromatic heterocycles.